The molecule has 0 spiro atoms. The number of imide groups is 1. The molecule has 3 unspecified atom stereocenters. The summed E-state index contributed by atoms with van der Waals surface area (Å²) < 4.78 is 0. The van der Waals surface area contributed by atoms with Crippen LogP contribution in [0.15, 0.2) is 0 Å². The Bertz CT molecular complexity index is 380. The molecule has 0 aromatic carbocycles. The minimum atomic E-state index is -0.561. The number of likely N-dealkylation sites (tertiary alicyclic amines) is 1. The highest BCUT2D eigenvalue weighted by Gasteiger charge is 2.53. The Balaban J connectivity index is 2.24. The highest BCUT2D eigenvalue weighted by molar-refractivity contribution is 6.06. The number of carbonyl (C=O) groups is 2. The molecule has 4 nitrogen and oxygen atoms in total. The predicted octanol–water partition coefficient (Wildman–Crippen LogP) is 1.96. The first-order valence-corrected chi connectivity index (χ1v) is 7.39. The van der Waals surface area contributed by atoms with Crippen LogP contribution in [0.25, 0.3) is 0 Å². The monoisotopic (exact) mass is 267 g/mol. The van der Waals surface area contributed by atoms with Gasteiger partial charge in [-0.05, 0) is 25.7 Å². The van der Waals surface area contributed by atoms with Crippen molar-refractivity contribution >= 4 is 11.8 Å². The zero-order chi connectivity index (χ0) is 14.2. The normalized spacial score (nSPS) is 36.4. The zero-order valence-corrected chi connectivity index (χ0v) is 12.2. The molecule has 1 N–H and O–H groups in total. The lowest BCUT2D eigenvalue weighted by Crippen LogP contribution is -2.48. The molecule has 0 radical (unpaired) electrons. The third kappa shape index (κ3) is 2.31. The number of aliphatic hydroxyl groups is 1. The zero-order valence-electron chi connectivity index (χ0n) is 12.2. The minimum Gasteiger partial charge on any atom is -0.396 e. The molecule has 0 aromatic heterocycles. The van der Waals surface area contributed by atoms with Crippen molar-refractivity contribution in [3.05, 3.63) is 0 Å². The standard InChI is InChI=1S/C15H25NO3/c1-10(2)15(3)8-13(18)16(14(15)19)12-7-5-4-6-11(12)9-17/h10-12,17H,4-9H2,1-3H3. The maximum atomic E-state index is 12.7. The Morgan fingerprint density at radius 2 is 1.95 bits per heavy atom. The van der Waals surface area contributed by atoms with Crippen LogP contribution in [-0.4, -0.2) is 34.5 Å². The quantitative estimate of drug-likeness (QED) is 0.795. The van der Waals surface area contributed by atoms with Gasteiger partial charge in [-0.1, -0.05) is 26.7 Å². The minimum absolute atomic E-state index is 0.0298. The first kappa shape index (κ1) is 14.5. The summed E-state index contributed by atoms with van der Waals surface area (Å²) in [6.07, 6.45) is 4.20. The van der Waals surface area contributed by atoms with E-state index >= 15 is 0 Å². The summed E-state index contributed by atoms with van der Waals surface area (Å²) in [4.78, 5) is 26.4. The molecule has 1 aliphatic carbocycles. The van der Waals surface area contributed by atoms with E-state index in [0.717, 1.165) is 25.7 Å². The third-order valence-corrected chi connectivity index (χ3v) is 5.20. The number of carbonyl (C=O) groups excluding carboxylic acids is 2. The predicted molar refractivity (Wildman–Crippen MR) is 72.2 cm³/mol. The number of amides is 2. The van der Waals surface area contributed by atoms with E-state index in [4.69, 9.17) is 0 Å². The topological polar surface area (TPSA) is 57.6 Å². The molecule has 1 heterocycles. The maximum Gasteiger partial charge on any atom is 0.236 e. The van der Waals surface area contributed by atoms with Crippen LogP contribution in [0.2, 0.25) is 0 Å². The fourth-order valence-corrected chi connectivity index (χ4v) is 3.39. The molecule has 3 atom stereocenters. The molecule has 0 aromatic rings. The van der Waals surface area contributed by atoms with Crippen molar-refractivity contribution in [1.82, 2.24) is 4.90 Å². The van der Waals surface area contributed by atoms with Crippen LogP contribution >= 0.6 is 0 Å². The van der Waals surface area contributed by atoms with Crippen molar-refractivity contribution in [2.75, 3.05) is 6.61 Å². The smallest absolute Gasteiger partial charge is 0.236 e. The van der Waals surface area contributed by atoms with E-state index in [0.29, 0.717) is 6.42 Å². The molecular weight excluding hydrogens is 242 g/mol. The van der Waals surface area contributed by atoms with Crippen LogP contribution in [0.1, 0.15) is 52.9 Å². The number of aliphatic hydroxyl groups excluding tert-OH is 1. The second kappa shape index (κ2) is 5.23. The van der Waals surface area contributed by atoms with Gasteiger partial charge in [0, 0.05) is 25.0 Å². The SMILES string of the molecule is CC(C)C1(C)CC(=O)N(C2CCCCC2CO)C1=O. The van der Waals surface area contributed by atoms with Gasteiger partial charge in [-0.15, -0.1) is 0 Å². The number of nitrogens with zero attached hydrogens (tertiary/aromatic N) is 1. The fraction of sp³-hybridized carbons (Fsp3) is 0.867. The lowest BCUT2D eigenvalue weighted by atomic mass is 9.77. The number of hydrogen-bond donors (Lipinski definition) is 1. The summed E-state index contributed by atoms with van der Waals surface area (Å²) in [5.74, 6) is 0.144. The lowest BCUT2D eigenvalue weighted by molar-refractivity contribution is -0.147. The van der Waals surface area contributed by atoms with E-state index in [9.17, 15) is 14.7 Å². The van der Waals surface area contributed by atoms with E-state index in [1.807, 2.05) is 20.8 Å². The molecule has 2 fully saturated rings. The summed E-state index contributed by atoms with van der Waals surface area (Å²) in [6, 6.07) is -0.0840. The van der Waals surface area contributed by atoms with E-state index in [2.05, 4.69) is 0 Å². The Labute approximate surface area is 115 Å². The van der Waals surface area contributed by atoms with Crippen LogP contribution in [0, 0.1) is 17.3 Å². The molecule has 1 aliphatic heterocycles. The average Bonchev–Trinajstić information content (AvgIpc) is 2.61. The van der Waals surface area contributed by atoms with Crippen molar-refractivity contribution in [3.63, 3.8) is 0 Å². The van der Waals surface area contributed by atoms with Gasteiger partial charge in [0.05, 0.1) is 5.41 Å². The van der Waals surface area contributed by atoms with Gasteiger partial charge < -0.3 is 5.11 Å². The first-order chi connectivity index (χ1) is 8.91. The molecule has 19 heavy (non-hydrogen) atoms. The lowest BCUT2D eigenvalue weighted by Gasteiger charge is -2.37. The van der Waals surface area contributed by atoms with Crippen LogP contribution in [-0.2, 0) is 9.59 Å². The molecule has 1 saturated heterocycles. The van der Waals surface area contributed by atoms with Crippen LogP contribution in [0.5, 0.6) is 0 Å². The highest BCUT2D eigenvalue weighted by atomic mass is 16.3. The van der Waals surface area contributed by atoms with Crippen LogP contribution < -0.4 is 0 Å². The summed E-state index contributed by atoms with van der Waals surface area (Å²) in [6.45, 7) is 5.97. The molecule has 0 bridgehead atoms. The van der Waals surface area contributed by atoms with E-state index in [1.54, 1.807) is 0 Å². The Hall–Kier alpha value is -0.900. The number of hydrogen-bond acceptors (Lipinski definition) is 3. The van der Waals surface area contributed by atoms with Crippen molar-refractivity contribution < 1.29 is 14.7 Å². The van der Waals surface area contributed by atoms with Crippen molar-refractivity contribution in [3.8, 4) is 0 Å². The van der Waals surface area contributed by atoms with Gasteiger partial charge in [0.15, 0.2) is 0 Å². The highest BCUT2D eigenvalue weighted by Crippen LogP contribution is 2.42. The van der Waals surface area contributed by atoms with Gasteiger partial charge in [-0.3, -0.25) is 14.5 Å². The maximum absolute atomic E-state index is 12.7. The van der Waals surface area contributed by atoms with Crippen molar-refractivity contribution in [1.29, 1.82) is 0 Å². The van der Waals surface area contributed by atoms with Crippen LogP contribution in [0.3, 0.4) is 0 Å². The van der Waals surface area contributed by atoms with Gasteiger partial charge in [0.2, 0.25) is 11.8 Å². The molecule has 1 saturated carbocycles. The van der Waals surface area contributed by atoms with E-state index in [1.165, 1.54) is 4.90 Å². The summed E-state index contributed by atoms with van der Waals surface area (Å²) in [7, 11) is 0. The largest absolute Gasteiger partial charge is 0.396 e. The van der Waals surface area contributed by atoms with Gasteiger partial charge in [0.1, 0.15) is 0 Å². The number of rotatable bonds is 3. The molecule has 2 rings (SSSR count). The Kier molecular flexibility index (Phi) is 4.00. The average molecular weight is 267 g/mol. The first-order valence-electron chi connectivity index (χ1n) is 7.39. The molecule has 4 heteroatoms. The Morgan fingerprint density at radius 1 is 1.32 bits per heavy atom. The second-order valence-corrected chi connectivity index (χ2v) is 6.61. The van der Waals surface area contributed by atoms with Gasteiger partial charge in [-0.2, -0.15) is 0 Å². The van der Waals surface area contributed by atoms with Crippen LogP contribution in [0.4, 0.5) is 0 Å². The van der Waals surface area contributed by atoms with E-state index < -0.39 is 5.41 Å². The van der Waals surface area contributed by atoms with E-state index in [-0.39, 0.29) is 36.3 Å². The second-order valence-electron chi connectivity index (χ2n) is 6.61. The molecule has 2 aliphatic rings. The molecule has 108 valence electrons. The van der Waals surface area contributed by atoms with Crippen molar-refractivity contribution in [2.24, 2.45) is 17.3 Å². The summed E-state index contributed by atoms with van der Waals surface area (Å²) in [5, 5.41) is 9.48. The fourth-order valence-electron chi connectivity index (χ4n) is 3.39. The van der Waals surface area contributed by atoms with Gasteiger partial charge >= 0.3 is 0 Å². The molecular formula is C15H25NO3. The van der Waals surface area contributed by atoms with Gasteiger partial charge in [0.25, 0.3) is 0 Å². The summed E-state index contributed by atoms with van der Waals surface area (Å²) in [5.41, 5.74) is -0.561. The third-order valence-electron chi connectivity index (χ3n) is 5.20. The van der Waals surface area contributed by atoms with Gasteiger partial charge in [-0.25, -0.2) is 0 Å². The van der Waals surface area contributed by atoms with Crippen molar-refractivity contribution in [2.45, 2.75) is 58.9 Å². The molecule has 2 amide bonds. The summed E-state index contributed by atoms with van der Waals surface area (Å²) >= 11 is 0. The Morgan fingerprint density at radius 3 is 2.47 bits per heavy atom.